The van der Waals surface area contributed by atoms with Gasteiger partial charge < -0.3 is 18.9 Å². The van der Waals surface area contributed by atoms with Crippen molar-refractivity contribution in [2.45, 2.75) is 0 Å². The lowest BCUT2D eigenvalue weighted by atomic mass is 10.0. The lowest BCUT2D eigenvalue weighted by Gasteiger charge is -2.05. The fraction of sp³-hybridized carbons (Fsp3) is 0. The summed E-state index contributed by atoms with van der Waals surface area (Å²) < 4.78 is 18.4. The lowest BCUT2D eigenvalue weighted by molar-refractivity contribution is 0.0817. The van der Waals surface area contributed by atoms with Crippen LogP contribution in [0.1, 0.15) is 20.7 Å². The maximum Gasteiger partial charge on any atom is 0.518 e. The molecule has 142 valence electrons. The molecule has 0 fully saturated rings. The summed E-state index contributed by atoms with van der Waals surface area (Å²) in [7, 11) is 0. The molecule has 2 rings (SSSR count). The highest BCUT2D eigenvalue weighted by atomic mass is 16.7. The summed E-state index contributed by atoms with van der Waals surface area (Å²) in [5.41, 5.74) is 0.202. The first kappa shape index (κ1) is 20.1. The van der Waals surface area contributed by atoms with Crippen molar-refractivity contribution < 1.29 is 38.1 Å². The first-order valence-corrected chi connectivity index (χ1v) is 7.72. The van der Waals surface area contributed by atoms with Gasteiger partial charge in [0.25, 0.3) is 0 Å². The van der Waals surface area contributed by atoms with Crippen LogP contribution in [0.15, 0.2) is 74.2 Å². The van der Waals surface area contributed by atoms with Crippen molar-refractivity contribution in [2.24, 2.45) is 0 Å². The monoisotopic (exact) mass is 382 g/mol. The van der Waals surface area contributed by atoms with Crippen molar-refractivity contribution >= 4 is 23.9 Å². The molecule has 0 N–H and O–H groups in total. The largest absolute Gasteiger partial charge is 0.518 e. The first-order chi connectivity index (χ1) is 13.4. The smallest absolute Gasteiger partial charge is 0.403 e. The molecule has 0 spiro atoms. The number of carbonyl (C=O) groups is 4. The summed E-state index contributed by atoms with van der Waals surface area (Å²) in [6, 6.07) is 10.7. The maximum atomic E-state index is 12.3. The van der Waals surface area contributed by atoms with Gasteiger partial charge in [-0.05, 0) is 48.5 Å². The quantitative estimate of drug-likeness (QED) is 0.232. The van der Waals surface area contributed by atoms with Gasteiger partial charge in [-0.2, -0.15) is 0 Å². The standard InChI is InChI=1S/C20H14O8/c1-3-25-19(23)27-15-9-5-13(6-10-15)17(21)18(22)14-7-11-16(12-8-14)28-20(24)26-4-2/h3-12H,1-2H2. The Kier molecular flexibility index (Phi) is 6.81. The Labute approximate surface area is 159 Å². The van der Waals surface area contributed by atoms with Gasteiger partial charge in [0, 0.05) is 11.1 Å². The molecule has 0 heterocycles. The predicted molar refractivity (Wildman–Crippen MR) is 96.2 cm³/mol. The molecule has 0 saturated heterocycles. The van der Waals surface area contributed by atoms with Crippen molar-refractivity contribution in [2.75, 3.05) is 0 Å². The molecule has 0 radical (unpaired) electrons. The topological polar surface area (TPSA) is 105 Å². The van der Waals surface area contributed by atoms with Gasteiger partial charge in [-0.25, -0.2) is 9.59 Å². The van der Waals surface area contributed by atoms with Crippen LogP contribution in [0, 0.1) is 0 Å². The van der Waals surface area contributed by atoms with Crippen LogP contribution in [0.5, 0.6) is 11.5 Å². The molecule has 0 aliphatic heterocycles. The molecule has 0 atom stereocenters. The van der Waals surface area contributed by atoms with Crippen LogP contribution < -0.4 is 9.47 Å². The number of hydrogen-bond acceptors (Lipinski definition) is 8. The molecule has 8 nitrogen and oxygen atoms in total. The average molecular weight is 382 g/mol. The fourth-order valence-corrected chi connectivity index (χ4v) is 1.99. The van der Waals surface area contributed by atoms with Crippen LogP contribution in [-0.4, -0.2) is 23.9 Å². The van der Waals surface area contributed by atoms with Crippen molar-refractivity contribution in [3.63, 3.8) is 0 Å². The number of Topliss-reactive ketones (excluding diaryl/α,β-unsaturated/α-hetero) is 2. The number of benzene rings is 2. The van der Waals surface area contributed by atoms with E-state index in [9.17, 15) is 19.2 Å². The van der Waals surface area contributed by atoms with Gasteiger partial charge in [0.05, 0.1) is 12.5 Å². The molecule has 0 unspecified atom stereocenters. The van der Waals surface area contributed by atoms with Crippen LogP contribution in [0.25, 0.3) is 0 Å². The predicted octanol–water partition coefficient (Wildman–Crippen LogP) is 4.07. The highest BCUT2D eigenvalue weighted by Crippen LogP contribution is 2.17. The third kappa shape index (κ3) is 5.40. The Morgan fingerprint density at radius 2 is 0.929 bits per heavy atom. The second kappa shape index (κ2) is 9.48. The highest BCUT2D eigenvalue weighted by molar-refractivity contribution is 6.49. The van der Waals surface area contributed by atoms with Crippen LogP contribution in [0.4, 0.5) is 9.59 Å². The van der Waals surface area contributed by atoms with E-state index in [-0.39, 0.29) is 22.6 Å². The molecular weight excluding hydrogens is 368 g/mol. The van der Waals surface area contributed by atoms with E-state index in [1.165, 1.54) is 48.5 Å². The van der Waals surface area contributed by atoms with Crippen molar-refractivity contribution in [3.8, 4) is 11.5 Å². The fourth-order valence-electron chi connectivity index (χ4n) is 1.99. The molecular formula is C20H14O8. The summed E-state index contributed by atoms with van der Waals surface area (Å²) in [6.45, 7) is 6.43. The van der Waals surface area contributed by atoms with E-state index in [1.54, 1.807) is 0 Å². The van der Waals surface area contributed by atoms with E-state index >= 15 is 0 Å². The lowest BCUT2D eigenvalue weighted by Crippen LogP contribution is -2.15. The Morgan fingerprint density at radius 3 is 1.21 bits per heavy atom. The molecule has 8 heteroatoms. The minimum atomic E-state index is -0.982. The summed E-state index contributed by atoms with van der Waals surface area (Å²) in [5.74, 6) is -1.27. The number of rotatable bonds is 7. The van der Waals surface area contributed by atoms with Crippen molar-refractivity contribution in [3.05, 3.63) is 85.3 Å². The number of hydrogen-bond donors (Lipinski definition) is 0. The Balaban J connectivity index is 2.04. The third-order valence-corrected chi connectivity index (χ3v) is 3.20. The van der Waals surface area contributed by atoms with E-state index in [0.717, 1.165) is 12.5 Å². The summed E-state index contributed by atoms with van der Waals surface area (Å²) in [5, 5.41) is 0. The average Bonchev–Trinajstić information content (AvgIpc) is 2.68. The highest BCUT2D eigenvalue weighted by Gasteiger charge is 2.19. The van der Waals surface area contributed by atoms with Gasteiger partial charge in [-0.3, -0.25) is 9.59 Å². The van der Waals surface area contributed by atoms with E-state index in [2.05, 4.69) is 22.6 Å². The van der Waals surface area contributed by atoms with Crippen molar-refractivity contribution in [1.82, 2.24) is 0 Å². The van der Waals surface area contributed by atoms with Gasteiger partial charge in [0.15, 0.2) is 0 Å². The van der Waals surface area contributed by atoms with Crippen LogP contribution in [0.2, 0.25) is 0 Å². The van der Waals surface area contributed by atoms with Gasteiger partial charge in [-0.1, -0.05) is 13.2 Å². The maximum absolute atomic E-state index is 12.3. The molecule has 2 aromatic carbocycles. The molecule has 2 aromatic rings. The van der Waals surface area contributed by atoms with E-state index in [1.807, 2.05) is 0 Å². The van der Waals surface area contributed by atoms with Crippen molar-refractivity contribution in [1.29, 1.82) is 0 Å². The molecule has 0 aliphatic rings. The first-order valence-electron chi connectivity index (χ1n) is 7.72. The third-order valence-electron chi connectivity index (χ3n) is 3.20. The van der Waals surface area contributed by atoms with E-state index < -0.39 is 23.9 Å². The molecule has 0 aliphatic carbocycles. The Hall–Kier alpha value is -4.20. The summed E-state index contributed by atoms with van der Waals surface area (Å²) in [6.07, 6.45) is -0.135. The zero-order valence-corrected chi connectivity index (χ0v) is 14.5. The van der Waals surface area contributed by atoms with E-state index in [0.29, 0.717) is 0 Å². The van der Waals surface area contributed by atoms with E-state index in [4.69, 9.17) is 9.47 Å². The van der Waals surface area contributed by atoms with Crippen LogP contribution >= 0.6 is 0 Å². The minimum Gasteiger partial charge on any atom is -0.403 e. The Morgan fingerprint density at radius 1 is 0.607 bits per heavy atom. The molecule has 0 saturated carbocycles. The Bertz CT molecular complexity index is 833. The SMILES string of the molecule is C=COC(=O)Oc1ccc(C(=O)C(=O)c2ccc(OC(=O)OC=C)cc2)cc1. The number of ether oxygens (including phenoxy) is 4. The second-order valence-corrected chi connectivity index (χ2v) is 4.98. The second-order valence-electron chi connectivity index (χ2n) is 4.98. The number of carbonyl (C=O) groups excluding carboxylic acids is 4. The van der Waals surface area contributed by atoms with Crippen LogP contribution in [-0.2, 0) is 9.47 Å². The van der Waals surface area contributed by atoms with Gasteiger partial charge >= 0.3 is 12.3 Å². The normalized spacial score (nSPS) is 9.57. The molecule has 28 heavy (non-hydrogen) atoms. The zero-order valence-electron chi connectivity index (χ0n) is 14.5. The number of ketones is 2. The van der Waals surface area contributed by atoms with Gasteiger partial charge in [-0.15, -0.1) is 0 Å². The zero-order chi connectivity index (χ0) is 20.5. The summed E-state index contributed by atoms with van der Waals surface area (Å²) >= 11 is 0. The minimum absolute atomic E-state index is 0.101. The molecule has 0 aromatic heterocycles. The van der Waals surface area contributed by atoms with Gasteiger partial charge in [0.1, 0.15) is 11.5 Å². The summed E-state index contributed by atoms with van der Waals surface area (Å²) in [4.78, 5) is 47.0. The van der Waals surface area contributed by atoms with Gasteiger partial charge in [0.2, 0.25) is 11.6 Å². The van der Waals surface area contributed by atoms with Crippen LogP contribution in [0.3, 0.4) is 0 Å². The molecule has 0 amide bonds. The molecule has 0 bridgehead atoms.